The number of carbonyl (C=O) groups excluding carboxylic acids is 1. The largest absolute Gasteiger partial charge is 0.466 e. The lowest BCUT2D eigenvalue weighted by Gasteiger charge is -2.23. The van der Waals surface area contributed by atoms with E-state index in [9.17, 15) is 4.79 Å². The van der Waals surface area contributed by atoms with Gasteiger partial charge in [-0.2, -0.15) is 0 Å². The molecule has 0 saturated carbocycles. The maximum absolute atomic E-state index is 12.0. The van der Waals surface area contributed by atoms with Crippen molar-refractivity contribution in [1.82, 2.24) is 0 Å². The molecular weight excluding hydrogens is 332 g/mol. The number of esters is 1. The average Bonchev–Trinajstić information content (AvgIpc) is 2.75. The minimum absolute atomic E-state index is 0.0566. The van der Waals surface area contributed by atoms with E-state index in [1.807, 2.05) is 6.92 Å². The number of hydrogen-bond acceptors (Lipinski definition) is 2. The molecule has 0 rings (SSSR count). The van der Waals surface area contributed by atoms with Gasteiger partial charge in [-0.05, 0) is 37.0 Å². The third kappa shape index (κ3) is 17.3. The van der Waals surface area contributed by atoms with E-state index in [1.165, 1.54) is 0 Å². The Hall–Kier alpha value is -0.530. The lowest BCUT2D eigenvalue weighted by Crippen LogP contribution is -2.18. The molecule has 0 amide bonds. The summed E-state index contributed by atoms with van der Waals surface area (Å²) in [6, 6.07) is 0. The SMILES string of the molecule is [2H]C([2H])([2H])C(CCC)(CCCCCCCCCCCCC(CC(=O)OCC)(C([2H])([2H])[2H])C([2H])([2H])[2H])C([2H])([2H])[2H]. The van der Waals surface area contributed by atoms with Gasteiger partial charge in [0.05, 0.1) is 13.0 Å². The first kappa shape index (κ1) is 12.2. The number of hydrogen-bond donors (Lipinski definition) is 0. The maximum Gasteiger partial charge on any atom is 0.306 e. The third-order valence-electron chi connectivity index (χ3n) is 4.89. The fourth-order valence-electron chi connectivity index (χ4n) is 3.37. The Morgan fingerprint density at radius 3 is 1.56 bits per heavy atom. The Labute approximate surface area is 188 Å². The van der Waals surface area contributed by atoms with E-state index in [0.29, 0.717) is 25.7 Å². The van der Waals surface area contributed by atoms with Crippen molar-refractivity contribution in [2.75, 3.05) is 6.61 Å². The molecule has 0 aliphatic rings. The number of carbonyl (C=O) groups is 1. The third-order valence-corrected chi connectivity index (χ3v) is 4.89. The molecule has 2 nitrogen and oxygen atoms in total. The Morgan fingerprint density at radius 1 is 0.704 bits per heavy atom. The summed E-state index contributed by atoms with van der Waals surface area (Å²) in [6.07, 6.45) is 8.03. The van der Waals surface area contributed by atoms with Gasteiger partial charge < -0.3 is 4.74 Å². The zero-order chi connectivity index (χ0) is 30.6. The van der Waals surface area contributed by atoms with Crippen LogP contribution in [0.25, 0.3) is 0 Å². The van der Waals surface area contributed by atoms with Crippen molar-refractivity contribution >= 4 is 5.97 Å². The molecule has 0 atom stereocenters. The van der Waals surface area contributed by atoms with Crippen molar-refractivity contribution in [2.45, 2.75) is 138 Å². The molecule has 162 valence electrons. The lowest BCUT2D eigenvalue weighted by molar-refractivity contribution is -0.145. The van der Waals surface area contributed by atoms with Gasteiger partial charge >= 0.3 is 5.97 Å². The van der Waals surface area contributed by atoms with Gasteiger partial charge in [0, 0.05) is 16.4 Å². The van der Waals surface area contributed by atoms with Gasteiger partial charge in [0.1, 0.15) is 0 Å². The van der Waals surface area contributed by atoms with Crippen molar-refractivity contribution in [3.63, 3.8) is 0 Å². The summed E-state index contributed by atoms with van der Waals surface area (Å²) in [4.78, 5) is 12.0. The highest BCUT2D eigenvalue weighted by Crippen LogP contribution is 2.30. The van der Waals surface area contributed by atoms with Crippen molar-refractivity contribution in [3.8, 4) is 0 Å². The van der Waals surface area contributed by atoms with E-state index in [1.54, 1.807) is 6.92 Å². The first-order chi connectivity index (χ1) is 17.7. The van der Waals surface area contributed by atoms with Crippen LogP contribution >= 0.6 is 0 Å². The van der Waals surface area contributed by atoms with Crippen LogP contribution in [0.15, 0.2) is 0 Å². The highest BCUT2D eigenvalue weighted by molar-refractivity contribution is 5.70. The standard InChI is InChI=1S/C25H50O2/c1-7-19-24(3,4)20-17-15-13-11-9-10-12-14-16-18-21-25(5,6)22-23(26)27-8-2/h7-22H2,1-6H3/i3D3,4D3,5D3,6D3. The molecule has 0 aromatic heterocycles. The second-order valence-corrected chi connectivity index (χ2v) is 7.93. The predicted octanol–water partition coefficient (Wildman–Crippen LogP) is 8.47. The lowest BCUT2D eigenvalue weighted by atomic mass is 9.83. The fourth-order valence-corrected chi connectivity index (χ4v) is 3.37. The van der Waals surface area contributed by atoms with Crippen molar-refractivity contribution in [2.24, 2.45) is 10.8 Å². The van der Waals surface area contributed by atoms with Crippen LogP contribution in [0.5, 0.6) is 0 Å². The molecular formula is C25H50O2. The monoisotopic (exact) mass is 394 g/mol. The number of unbranched alkanes of at least 4 members (excludes halogenated alkanes) is 9. The summed E-state index contributed by atoms with van der Waals surface area (Å²) in [5.41, 5.74) is -3.78. The summed E-state index contributed by atoms with van der Waals surface area (Å²) in [5.74, 6) is -0.808. The van der Waals surface area contributed by atoms with Gasteiger partial charge in [0.15, 0.2) is 0 Å². The molecule has 0 bridgehead atoms. The molecule has 0 aliphatic heterocycles. The molecule has 0 N–H and O–H groups in total. The van der Waals surface area contributed by atoms with E-state index in [2.05, 4.69) is 0 Å². The zero-order valence-corrected chi connectivity index (χ0v) is 17.6. The van der Waals surface area contributed by atoms with E-state index < -0.39 is 50.6 Å². The highest BCUT2D eigenvalue weighted by Gasteiger charge is 2.22. The van der Waals surface area contributed by atoms with Gasteiger partial charge in [0.2, 0.25) is 0 Å². The zero-order valence-electron chi connectivity index (χ0n) is 29.6. The van der Waals surface area contributed by atoms with Crippen LogP contribution in [0, 0.1) is 10.8 Å². The Balaban J connectivity index is 4.51. The molecule has 0 aromatic carbocycles. The highest BCUT2D eigenvalue weighted by atomic mass is 16.5. The molecule has 0 heterocycles. The van der Waals surface area contributed by atoms with Crippen LogP contribution in [-0.2, 0) is 9.53 Å². The number of rotatable bonds is 18. The summed E-state index contributed by atoms with van der Waals surface area (Å²) in [7, 11) is 0. The molecule has 0 spiro atoms. The van der Waals surface area contributed by atoms with Gasteiger partial charge in [0.25, 0.3) is 0 Å². The van der Waals surface area contributed by atoms with Gasteiger partial charge in [-0.15, -0.1) is 0 Å². The molecule has 0 aromatic rings. The first-order valence-electron chi connectivity index (χ1n) is 16.9. The Bertz CT molecular complexity index is 665. The molecule has 0 aliphatic carbocycles. The minimum Gasteiger partial charge on any atom is -0.466 e. The fraction of sp³-hybridized carbons (Fsp3) is 0.960. The maximum atomic E-state index is 12.0. The quantitative estimate of drug-likeness (QED) is 0.172. The first-order valence-corrected chi connectivity index (χ1v) is 10.9. The molecule has 27 heavy (non-hydrogen) atoms. The Morgan fingerprint density at radius 2 is 1.15 bits per heavy atom. The van der Waals surface area contributed by atoms with Crippen LogP contribution in [0.4, 0.5) is 0 Å². The topological polar surface area (TPSA) is 26.3 Å². The average molecular weight is 395 g/mol. The molecule has 0 unspecified atom stereocenters. The van der Waals surface area contributed by atoms with Crippen LogP contribution in [0.2, 0.25) is 0 Å². The van der Waals surface area contributed by atoms with E-state index >= 15 is 0 Å². The smallest absolute Gasteiger partial charge is 0.306 e. The van der Waals surface area contributed by atoms with Gasteiger partial charge in [-0.3, -0.25) is 4.79 Å². The van der Waals surface area contributed by atoms with E-state index in [0.717, 1.165) is 44.9 Å². The second kappa shape index (κ2) is 15.4. The summed E-state index contributed by atoms with van der Waals surface area (Å²) < 4.78 is 99.4. The van der Waals surface area contributed by atoms with Crippen LogP contribution in [0.1, 0.15) is 154 Å². The Kier molecular flexibility index (Phi) is 6.98. The minimum atomic E-state index is -2.83. The van der Waals surface area contributed by atoms with E-state index in [4.69, 9.17) is 21.2 Å². The van der Waals surface area contributed by atoms with Crippen LogP contribution < -0.4 is 0 Å². The number of ether oxygens (including phenoxy) is 1. The summed E-state index contributed by atoms with van der Waals surface area (Å²) >= 11 is 0. The normalized spacial score (nSPS) is 20.8. The van der Waals surface area contributed by atoms with Crippen molar-refractivity contribution in [1.29, 1.82) is 0 Å². The second-order valence-electron chi connectivity index (χ2n) is 7.93. The molecule has 0 radical (unpaired) electrons. The summed E-state index contributed by atoms with van der Waals surface area (Å²) in [5, 5.41) is 0. The van der Waals surface area contributed by atoms with Crippen LogP contribution in [-0.4, -0.2) is 12.6 Å². The summed E-state index contributed by atoms with van der Waals surface area (Å²) in [6.45, 7) is -7.25. The predicted molar refractivity (Wildman–Crippen MR) is 119 cm³/mol. The van der Waals surface area contributed by atoms with Crippen molar-refractivity contribution in [3.05, 3.63) is 0 Å². The van der Waals surface area contributed by atoms with E-state index in [-0.39, 0.29) is 25.9 Å². The molecule has 0 saturated heterocycles. The van der Waals surface area contributed by atoms with Crippen molar-refractivity contribution < 1.29 is 26.0 Å². The molecule has 0 fully saturated rings. The van der Waals surface area contributed by atoms with Gasteiger partial charge in [-0.25, -0.2) is 0 Å². The van der Waals surface area contributed by atoms with Crippen LogP contribution in [0.3, 0.4) is 0 Å². The molecule has 2 heteroatoms. The van der Waals surface area contributed by atoms with Gasteiger partial charge in [-0.1, -0.05) is 105 Å².